The van der Waals surface area contributed by atoms with E-state index in [0.717, 1.165) is 38.0 Å². The molecular formula is C18H30IN3O2. The molecule has 1 atom stereocenters. The number of guanidine groups is 1. The van der Waals surface area contributed by atoms with Gasteiger partial charge in [0.15, 0.2) is 5.96 Å². The van der Waals surface area contributed by atoms with Crippen LogP contribution in [-0.4, -0.2) is 44.9 Å². The molecule has 5 nitrogen and oxygen atoms in total. The third-order valence-corrected chi connectivity index (χ3v) is 3.75. The van der Waals surface area contributed by atoms with E-state index in [1.165, 1.54) is 5.56 Å². The Kier molecular flexibility index (Phi) is 8.83. The zero-order valence-corrected chi connectivity index (χ0v) is 17.4. The molecule has 0 aromatic heterocycles. The van der Waals surface area contributed by atoms with Crippen LogP contribution in [0.5, 0.6) is 5.75 Å². The van der Waals surface area contributed by atoms with Gasteiger partial charge in [0.1, 0.15) is 11.9 Å². The van der Waals surface area contributed by atoms with Crippen molar-refractivity contribution in [3.8, 4) is 5.75 Å². The highest BCUT2D eigenvalue weighted by Gasteiger charge is 2.33. The number of rotatable bonds is 7. The van der Waals surface area contributed by atoms with Gasteiger partial charge in [-0.05, 0) is 38.5 Å². The minimum absolute atomic E-state index is 0. The molecule has 0 saturated carbocycles. The van der Waals surface area contributed by atoms with E-state index < -0.39 is 0 Å². The summed E-state index contributed by atoms with van der Waals surface area (Å²) in [6.45, 7) is 12.3. The van der Waals surface area contributed by atoms with Gasteiger partial charge in [-0.25, -0.2) is 0 Å². The summed E-state index contributed by atoms with van der Waals surface area (Å²) in [5.41, 5.74) is 1.39. The number of halogens is 1. The second-order valence-electron chi connectivity index (χ2n) is 6.62. The summed E-state index contributed by atoms with van der Waals surface area (Å²) >= 11 is 0. The van der Waals surface area contributed by atoms with Crippen LogP contribution >= 0.6 is 24.0 Å². The maximum absolute atomic E-state index is 5.94. The molecule has 1 aliphatic heterocycles. The third-order valence-electron chi connectivity index (χ3n) is 3.75. The van der Waals surface area contributed by atoms with Gasteiger partial charge in [-0.15, -0.1) is 24.0 Å². The maximum Gasteiger partial charge on any atom is 0.191 e. The molecule has 1 aromatic rings. The molecule has 1 fully saturated rings. The molecule has 2 rings (SSSR count). The predicted molar refractivity (Wildman–Crippen MR) is 110 cm³/mol. The van der Waals surface area contributed by atoms with E-state index in [9.17, 15) is 0 Å². The smallest absolute Gasteiger partial charge is 0.191 e. The van der Waals surface area contributed by atoms with Crippen molar-refractivity contribution in [2.24, 2.45) is 10.4 Å². The second-order valence-corrected chi connectivity index (χ2v) is 6.62. The van der Waals surface area contributed by atoms with Crippen LogP contribution in [0.15, 0.2) is 29.3 Å². The van der Waals surface area contributed by atoms with Gasteiger partial charge < -0.3 is 20.1 Å². The number of benzene rings is 1. The van der Waals surface area contributed by atoms with Crippen molar-refractivity contribution in [1.29, 1.82) is 0 Å². The van der Waals surface area contributed by atoms with Gasteiger partial charge in [0.05, 0.1) is 26.3 Å². The molecule has 0 radical (unpaired) electrons. The topological polar surface area (TPSA) is 54.9 Å². The quantitative estimate of drug-likeness (QED) is 0.384. The fourth-order valence-electron chi connectivity index (χ4n) is 2.36. The summed E-state index contributed by atoms with van der Waals surface area (Å²) < 4.78 is 11.2. The predicted octanol–water partition coefficient (Wildman–Crippen LogP) is 2.97. The van der Waals surface area contributed by atoms with Crippen LogP contribution in [-0.2, 0) is 4.74 Å². The minimum Gasteiger partial charge on any atom is -0.489 e. The molecule has 0 spiro atoms. The lowest BCUT2D eigenvalue weighted by Gasteiger charge is -2.36. The fraction of sp³-hybridized carbons (Fsp3) is 0.611. The molecule has 0 amide bonds. The molecule has 24 heavy (non-hydrogen) atoms. The summed E-state index contributed by atoms with van der Waals surface area (Å²) in [5.74, 6) is 1.74. The Morgan fingerprint density at radius 3 is 2.71 bits per heavy atom. The molecular weight excluding hydrogens is 417 g/mol. The van der Waals surface area contributed by atoms with Crippen molar-refractivity contribution in [2.45, 2.75) is 33.8 Å². The normalized spacial score (nSPS) is 17.2. The Morgan fingerprint density at radius 2 is 2.12 bits per heavy atom. The zero-order valence-electron chi connectivity index (χ0n) is 15.1. The highest BCUT2D eigenvalue weighted by atomic mass is 127. The van der Waals surface area contributed by atoms with Crippen molar-refractivity contribution in [3.63, 3.8) is 0 Å². The van der Waals surface area contributed by atoms with Crippen LogP contribution in [0.3, 0.4) is 0 Å². The Morgan fingerprint density at radius 1 is 1.38 bits per heavy atom. The number of nitrogens with one attached hydrogen (secondary N) is 2. The van der Waals surface area contributed by atoms with Crippen LogP contribution in [0.1, 0.15) is 26.3 Å². The van der Waals surface area contributed by atoms with Crippen molar-refractivity contribution >= 4 is 29.9 Å². The first-order valence-corrected chi connectivity index (χ1v) is 8.34. The Hall–Kier alpha value is -1.02. The van der Waals surface area contributed by atoms with Crippen molar-refractivity contribution in [1.82, 2.24) is 10.6 Å². The number of hydrogen-bond acceptors (Lipinski definition) is 3. The van der Waals surface area contributed by atoms with Crippen LogP contribution in [0.2, 0.25) is 0 Å². The molecule has 1 unspecified atom stereocenters. The zero-order chi connectivity index (χ0) is 16.7. The van der Waals surface area contributed by atoms with Gasteiger partial charge >= 0.3 is 0 Å². The molecule has 0 aliphatic carbocycles. The largest absolute Gasteiger partial charge is 0.489 e. The monoisotopic (exact) mass is 447 g/mol. The van der Waals surface area contributed by atoms with Crippen molar-refractivity contribution in [2.75, 3.05) is 32.8 Å². The van der Waals surface area contributed by atoms with Crippen LogP contribution < -0.4 is 15.4 Å². The van der Waals surface area contributed by atoms with E-state index in [2.05, 4.69) is 49.4 Å². The van der Waals surface area contributed by atoms with E-state index in [-0.39, 0.29) is 35.5 Å². The lowest BCUT2D eigenvalue weighted by molar-refractivity contribution is -0.0945. The molecule has 0 bridgehead atoms. The summed E-state index contributed by atoms with van der Waals surface area (Å²) in [7, 11) is 0. The Balaban J connectivity index is 0.00000288. The van der Waals surface area contributed by atoms with E-state index in [4.69, 9.17) is 9.47 Å². The van der Waals surface area contributed by atoms with E-state index in [1.54, 1.807) is 0 Å². The molecule has 1 aromatic carbocycles. The summed E-state index contributed by atoms with van der Waals surface area (Å²) in [5, 5.41) is 6.62. The van der Waals surface area contributed by atoms with Gasteiger partial charge in [0.25, 0.3) is 0 Å². The Bertz CT molecular complexity index is 533. The van der Waals surface area contributed by atoms with Crippen LogP contribution in [0.4, 0.5) is 0 Å². The highest BCUT2D eigenvalue weighted by molar-refractivity contribution is 14.0. The first kappa shape index (κ1) is 21.0. The van der Waals surface area contributed by atoms with E-state index >= 15 is 0 Å². The van der Waals surface area contributed by atoms with Crippen LogP contribution in [0.25, 0.3) is 0 Å². The highest BCUT2D eigenvalue weighted by Crippen LogP contribution is 2.26. The van der Waals surface area contributed by atoms with Crippen molar-refractivity contribution in [3.05, 3.63) is 29.8 Å². The lowest BCUT2D eigenvalue weighted by Crippen LogP contribution is -2.45. The fourth-order valence-corrected chi connectivity index (χ4v) is 2.36. The van der Waals surface area contributed by atoms with Crippen molar-refractivity contribution < 1.29 is 9.47 Å². The number of aryl methyl sites for hydroxylation is 1. The van der Waals surface area contributed by atoms with Gasteiger partial charge in [-0.1, -0.05) is 19.1 Å². The summed E-state index contributed by atoms with van der Waals surface area (Å²) in [6, 6.07) is 8.11. The lowest BCUT2D eigenvalue weighted by atomic mass is 9.89. The van der Waals surface area contributed by atoms with Crippen LogP contribution in [0, 0.1) is 12.3 Å². The van der Waals surface area contributed by atoms with Gasteiger partial charge in [0.2, 0.25) is 0 Å². The number of aliphatic imine (C=N–C) groups is 1. The molecule has 1 saturated heterocycles. The third kappa shape index (κ3) is 6.84. The molecule has 136 valence electrons. The maximum atomic E-state index is 5.94. The molecule has 6 heteroatoms. The Labute approximate surface area is 162 Å². The van der Waals surface area contributed by atoms with E-state index in [1.807, 2.05) is 18.2 Å². The molecule has 2 N–H and O–H groups in total. The van der Waals surface area contributed by atoms with Gasteiger partial charge in [-0.3, -0.25) is 4.99 Å². The number of hydrogen-bond donors (Lipinski definition) is 2. The minimum atomic E-state index is 0. The van der Waals surface area contributed by atoms with E-state index in [0.29, 0.717) is 6.54 Å². The SMILES string of the molecule is CCNC(=NCC1(C)COC1)NCC(C)Oc1cccc(C)c1.I. The van der Waals surface area contributed by atoms with Gasteiger partial charge in [-0.2, -0.15) is 0 Å². The molecule has 1 heterocycles. The standard InChI is InChI=1S/C18H29N3O2.HI/c1-5-19-17(21-11-18(4)12-22-13-18)20-10-15(3)23-16-8-6-7-14(2)9-16;/h6-9,15H,5,10-13H2,1-4H3,(H2,19,20,21);1H. The number of nitrogens with zero attached hydrogens (tertiary/aromatic N) is 1. The second kappa shape index (κ2) is 10.1. The number of ether oxygens (including phenoxy) is 2. The average Bonchev–Trinajstić information content (AvgIpc) is 2.48. The summed E-state index contributed by atoms with van der Waals surface area (Å²) in [6.07, 6.45) is 0.0586. The summed E-state index contributed by atoms with van der Waals surface area (Å²) in [4.78, 5) is 4.66. The first-order valence-electron chi connectivity index (χ1n) is 8.34. The molecule has 1 aliphatic rings. The van der Waals surface area contributed by atoms with Gasteiger partial charge in [0, 0.05) is 12.0 Å². The first-order chi connectivity index (χ1) is 11.0. The average molecular weight is 447 g/mol.